The zero-order chi connectivity index (χ0) is 15.0. The molecule has 0 atom stereocenters. The van der Waals surface area contributed by atoms with Crippen molar-refractivity contribution in [3.05, 3.63) is 11.9 Å². The molecule has 0 aliphatic rings. The smallest absolute Gasteiger partial charge is 0.158 e. The molecule has 0 spiro atoms. The van der Waals surface area contributed by atoms with Gasteiger partial charge in [0.05, 0.1) is 0 Å². The van der Waals surface area contributed by atoms with E-state index in [-0.39, 0.29) is 12.0 Å². The first-order valence-electron chi connectivity index (χ1n) is 6.96. The van der Waals surface area contributed by atoms with E-state index in [1.165, 1.54) is 0 Å². The Bertz CT molecular complexity index is 386. The van der Waals surface area contributed by atoms with Crippen LogP contribution in [-0.2, 0) is 11.3 Å². The first-order chi connectivity index (χ1) is 9.50. The van der Waals surface area contributed by atoms with E-state index in [9.17, 15) is 0 Å². The Labute approximate surface area is 121 Å². The molecule has 0 radical (unpaired) electrons. The Hall–Kier alpha value is -1.40. The van der Waals surface area contributed by atoms with Crippen molar-refractivity contribution in [2.75, 3.05) is 37.4 Å². The fourth-order valence-corrected chi connectivity index (χ4v) is 1.77. The number of aliphatic hydroxyl groups is 1. The minimum atomic E-state index is 0.0134. The number of aromatic nitrogens is 2. The number of hydrogen-bond acceptors (Lipinski definition) is 6. The highest BCUT2D eigenvalue weighted by atomic mass is 16.5. The third-order valence-electron chi connectivity index (χ3n) is 2.94. The number of methoxy groups -OCH3 is 1. The average Bonchev–Trinajstić information content (AvgIpc) is 2.37. The summed E-state index contributed by atoms with van der Waals surface area (Å²) >= 11 is 0. The van der Waals surface area contributed by atoms with Crippen LogP contribution < -0.4 is 10.6 Å². The quantitative estimate of drug-likeness (QED) is 0.642. The summed E-state index contributed by atoms with van der Waals surface area (Å²) in [6.07, 6.45) is 0.746. The fraction of sp³-hybridized carbons (Fsp3) is 0.714. The second-order valence-corrected chi connectivity index (χ2v) is 5.51. The summed E-state index contributed by atoms with van der Waals surface area (Å²) in [6.45, 7) is 8.36. The van der Waals surface area contributed by atoms with E-state index >= 15 is 0 Å². The standard InChI is InChI=1S/C14H26N4O2/c1-5-15-11-8-12(18-13(17-11)9-20-4)16-10-14(2,3)6-7-19/h8,19H,5-7,9-10H2,1-4H3,(H2,15,16,17,18). The maximum absolute atomic E-state index is 9.05. The van der Waals surface area contributed by atoms with Gasteiger partial charge < -0.3 is 20.5 Å². The van der Waals surface area contributed by atoms with Gasteiger partial charge >= 0.3 is 0 Å². The molecule has 0 aliphatic carbocycles. The van der Waals surface area contributed by atoms with Crippen LogP contribution in [0, 0.1) is 5.41 Å². The fourth-order valence-electron chi connectivity index (χ4n) is 1.77. The van der Waals surface area contributed by atoms with Gasteiger partial charge in [-0.2, -0.15) is 0 Å². The normalized spacial score (nSPS) is 11.4. The maximum atomic E-state index is 9.05. The van der Waals surface area contributed by atoms with E-state index in [0.29, 0.717) is 12.4 Å². The van der Waals surface area contributed by atoms with Gasteiger partial charge in [-0.05, 0) is 18.8 Å². The summed E-state index contributed by atoms with van der Waals surface area (Å²) in [4.78, 5) is 8.79. The van der Waals surface area contributed by atoms with Crippen molar-refractivity contribution in [1.29, 1.82) is 0 Å². The van der Waals surface area contributed by atoms with Crippen molar-refractivity contribution in [1.82, 2.24) is 9.97 Å². The molecular weight excluding hydrogens is 256 g/mol. The van der Waals surface area contributed by atoms with Gasteiger partial charge in [0.25, 0.3) is 0 Å². The highest BCUT2D eigenvalue weighted by Crippen LogP contribution is 2.21. The number of aliphatic hydroxyl groups excluding tert-OH is 1. The monoisotopic (exact) mass is 282 g/mol. The lowest BCUT2D eigenvalue weighted by atomic mass is 9.90. The van der Waals surface area contributed by atoms with Crippen molar-refractivity contribution in [2.45, 2.75) is 33.8 Å². The van der Waals surface area contributed by atoms with Gasteiger partial charge in [-0.3, -0.25) is 0 Å². The van der Waals surface area contributed by atoms with E-state index in [4.69, 9.17) is 9.84 Å². The van der Waals surface area contributed by atoms with E-state index in [1.807, 2.05) is 13.0 Å². The first kappa shape index (κ1) is 16.7. The van der Waals surface area contributed by atoms with Crippen molar-refractivity contribution >= 4 is 11.6 Å². The van der Waals surface area contributed by atoms with Crippen LogP contribution in [0.2, 0.25) is 0 Å². The predicted molar refractivity (Wildman–Crippen MR) is 80.9 cm³/mol. The lowest BCUT2D eigenvalue weighted by Crippen LogP contribution is -2.25. The average molecular weight is 282 g/mol. The summed E-state index contributed by atoms with van der Waals surface area (Å²) in [6, 6.07) is 1.89. The molecule has 0 bridgehead atoms. The molecule has 0 saturated heterocycles. The molecule has 1 heterocycles. The van der Waals surface area contributed by atoms with Crippen LogP contribution >= 0.6 is 0 Å². The number of hydrogen-bond donors (Lipinski definition) is 3. The van der Waals surface area contributed by atoms with Crippen LogP contribution in [0.3, 0.4) is 0 Å². The molecule has 0 aliphatic heterocycles. The number of nitrogens with zero attached hydrogens (tertiary/aromatic N) is 2. The van der Waals surface area contributed by atoms with Gasteiger partial charge in [-0.1, -0.05) is 13.8 Å². The topological polar surface area (TPSA) is 79.3 Å². The van der Waals surface area contributed by atoms with E-state index in [0.717, 1.165) is 31.1 Å². The van der Waals surface area contributed by atoms with Crippen molar-refractivity contribution < 1.29 is 9.84 Å². The zero-order valence-corrected chi connectivity index (χ0v) is 12.9. The molecule has 0 saturated carbocycles. The summed E-state index contributed by atoms with van der Waals surface area (Å²) in [7, 11) is 1.63. The molecule has 114 valence electrons. The SMILES string of the molecule is CCNc1cc(NCC(C)(C)CCO)nc(COC)n1. The minimum Gasteiger partial charge on any atom is -0.396 e. The molecule has 6 nitrogen and oxygen atoms in total. The lowest BCUT2D eigenvalue weighted by molar-refractivity contribution is 0.178. The summed E-state index contributed by atoms with van der Waals surface area (Å²) in [5.41, 5.74) is 0.0134. The molecule has 0 aromatic carbocycles. The Morgan fingerprint density at radius 2 is 1.90 bits per heavy atom. The van der Waals surface area contributed by atoms with Gasteiger partial charge in [-0.25, -0.2) is 9.97 Å². The molecule has 6 heteroatoms. The number of ether oxygens (including phenoxy) is 1. The number of anilines is 2. The van der Waals surface area contributed by atoms with Gasteiger partial charge in [0.1, 0.15) is 18.2 Å². The molecule has 0 fully saturated rings. The molecule has 0 unspecified atom stereocenters. The number of nitrogens with one attached hydrogen (secondary N) is 2. The van der Waals surface area contributed by atoms with Crippen molar-refractivity contribution in [2.24, 2.45) is 5.41 Å². The van der Waals surface area contributed by atoms with Crippen LogP contribution in [0.1, 0.15) is 33.0 Å². The van der Waals surface area contributed by atoms with Gasteiger partial charge in [0, 0.05) is 32.9 Å². The Balaban J connectivity index is 2.77. The zero-order valence-electron chi connectivity index (χ0n) is 12.9. The highest BCUT2D eigenvalue weighted by Gasteiger charge is 2.17. The van der Waals surface area contributed by atoms with Gasteiger partial charge in [-0.15, -0.1) is 0 Å². The summed E-state index contributed by atoms with van der Waals surface area (Å²) in [5, 5.41) is 15.5. The molecule has 3 N–H and O–H groups in total. The van der Waals surface area contributed by atoms with Crippen LogP contribution in [-0.4, -0.2) is 41.9 Å². The number of rotatable bonds is 9. The Kier molecular flexibility index (Phi) is 6.67. The Morgan fingerprint density at radius 3 is 2.45 bits per heavy atom. The second kappa shape index (κ2) is 8.01. The minimum absolute atomic E-state index is 0.0134. The summed E-state index contributed by atoms with van der Waals surface area (Å²) < 4.78 is 5.09. The first-order valence-corrected chi connectivity index (χ1v) is 6.96. The van der Waals surface area contributed by atoms with Gasteiger partial charge in [0.15, 0.2) is 5.82 Å². The largest absolute Gasteiger partial charge is 0.396 e. The molecule has 0 amide bonds. The second-order valence-electron chi connectivity index (χ2n) is 5.51. The van der Waals surface area contributed by atoms with Crippen molar-refractivity contribution in [3.8, 4) is 0 Å². The van der Waals surface area contributed by atoms with Crippen LogP contribution in [0.5, 0.6) is 0 Å². The van der Waals surface area contributed by atoms with E-state index in [2.05, 4.69) is 34.4 Å². The highest BCUT2D eigenvalue weighted by molar-refractivity contribution is 5.47. The van der Waals surface area contributed by atoms with E-state index in [1.54, 1.807) is 7.11 Å². The molecular formula is C14H26N4O2. The molecule has 1 aromatic heterocycles. The van der Waals surface area contributed by atoms with Crippen LogP contribution in [0.4, 0.5) is 11.6 Å². The van der Waals surface area contributed by atoms with Crippen LogP contribution in [0.25, 0.3) is 0 Å². The molecule has 1 aromatic rings. The van der Waals surface area contributed by atoms with Crippen molar-refractivity contribution in [3.63, 3.8) is 0 Å². The van der Waals surface area contributed by atoms with E-state index < -0.39 is 0 Å². The van der Waals surface area contributed by atoms with Gasteiger partial charge in [0.2, 0.25) is 0 Å². The molecule has 1 rings (SSSR count). The third kappa shape index (κ3) is 5.71. The maximum Gasteiger partial charge on any atom is 0.158 e. The predicted octanol–water partition coefficient (Wildman–Crippen LogP) is 1.88. The molecule has 20 heavy (non-hydrogen) atoms. The lowest BCUT2D eigenvalue weighted by Gasteiger charge is -2.24. The third-order valence-corrected chi connectivity index (χ3v) is 2.94. The summed E-state index contributed by atoms with van der Waals surface area (Å²) in [5.74, 6) is 2.21. The Morgan fingerprint density at radius 1 is 1.25 bits per heavy atom. The van der Waals surface area contributed by atoms with Crippen LogP contribution in [0.15, 0.2) is 6.07 Å².